The molecule has 1 aromatic heterocycles. The van der Waals surface area contributed by atoms with Crippen LogP contribution in [0.5, 0.6) is 0 Å². The number of anilines is 1. The summed E-state index contributed by atoms with van der Waals surface area (Å²) in [7, 11) is 1.60. The van der Waals surface area contributed by atoms with Crippen LogP contribution >= 0.6 is 22.9 Å². The smallest absolute Gasteiger partial charge is 0.251 e. The molecule has 94 valence electrons. The first-order valence-electron chi connectivity index (χ1n) is 5.33. The zero-order valence-corrected chi connectivity index (χ0v) is 11.3. The number of thiazole rings is 1. The minimum atomic E-state index is -0.132. The number of rotatable bonds is 4. The van der Waals surface area contributed by atoms with E-state index in [0.29, 0.717) is 17.1 Å². The summed E-state index contributed by atoms with van der Waals surface area (Å²) in [6.45, 7) is 0.640. The summed E-state index contributed by atoms with van der Waals surface area (Å²) in [6.07, 6.45) is 1.80. The maximum Gasteiger partial charge on any atom is 0.251 e. The van der Waals surface area contributed by atoms with E-state index < -0.39 is 0 Å². The Kier molecular flexibility index (Phi) is 4.17. The number of aromatic nitrogens is 1. The number of hydrogen-bond donors (Lipinski definition) is 2. The van der Waals surface area contributed by atoms with E-state index in [-0.39, 0.29) is 5.91 Å². The summed E-state index contributed by atoms with van der Waals surface area (Å²) in [4.78, 5) is 16.6. The Morgan fingerprint density at radius 1 is 1.50 bits per heavy atom. The van der Waals surface area contributed by atoms with Crippen LogP contribution in [0.4, 0.5) is 5.69 Å². The molecule has 0 saturated heterocycles. The lowest BCUT2D eigenvalue weighted by Gasteiger charge is -2.09. The van der Waals surface area contributed by atoms with Gasteiger partial charge in [0.15, 0.2) is 0 Å². The second-order valence-electron chi connectivity index (χ2n) is 3.60. The number of carbonyl (C=O) groups excluding carboxylic acids is 1. The Morgan fingerprint density at radius 2 is 2.33 bits per heavy atom. The van der Waals surface area contributed by atoms with Crippen LogP contribution in [0.3, 0.4) is 0 Å². The topological polar surface area (TPSA) is 54.0 Å². The summed E-state index contributed by atoms with van der Waals surface area (Å²) in [5, 5.41) is 6.36. The van der Waals surface area contributed by atoms with Crippen molar-refractivity contribution in [1.29, 1.82) is 0 Å². The Bertz CT molecular complexity index is 542. The Labute approximate surface area is 114 Å². The number of carbonyl (C=O) groups is 1. The molecule has 0 aliphatic heterocycles. The average Bonchev–Trinajstić information content (AvgIpc) is 2.90. The van der Waals surface area contributed by atoms with Crippen molar-refractivity contribution in [2.45, 2.75) is 6.54 Å². The molecule has 0 atom stereocenters. The van der Waals surface area contributed by atoms with Gasteiger partial charge < -0.3 is 10.6 Å². The van der Waals surface area contributed by atoms with Crippen LogP contribution in [0, 0.1) is 0 Å². The van der Waals surface area contributed by atoms with Crippen LogP contribution in [0.15, 0.2) is 29.9 Å². The fourth-order valence-electron chi connectivity index (χ4n) is 1.46. The number of benzene rings is 1. The predicted octanol–water partition coefficient (Wildman–Crippen LogP) is 2.77. The van der Waals surface area contributed by atoms with Gasteiger partial charge in [-0.25, -0.2) is 0 Å². The molecule has 1 amide bonds. The van der Waals surface area contributed by atoms with E-state index in [9.17, 15) is 4.79 Å². The molecule has 0 bridgehead atoms. The van der Waals surface area contributed by atoms with Gasteiger partial charge in [0.05, 0.1) is 22.8 Å². The van der Waals surface area contributed by atoms with Crippen molar-refractivity contribution in [3.63, 3.8) is 0 Å². The molecule has 1 heterocycles. The van der Waals surface area contributed by atoms with Gasteiger partial charge in [0, 0.05) is 23.7 Å². The van der Waals surface area contributed by atoms with Gasteiger partial charge in [-0.3, -0.25) is 9.78 Å². The minimum absolute atomic E-state index is 0.132. The highest BCUT2D eigenvalue weighted by Gasteiger charge is 2.07. The molecule has 0 saturated carbocycles. The molecule has 2 rings (SSSR count). The van der Waals surface area contributed by atoms with Crippen LogP contribution in [-0.2, 0) is 6.54 Å². The van der Waals surface area contributed by atoms with Gasteiger partial charge in [0.1, 0.15) is 0 Å². The van der Waals surface area contributed by atoms with E-state index in [2.05, 4.69) is 15.6 Å². The first-order chi connectivity index (χ1) is 8.70. The molecule has 0 spiro atoms. The number of nitrogens with zero attached hydrogens (tertiary/aromatic N) is 1. The largest absolute Gasteiger partial charge is 0.379 e. The first-order valence-corrected chi connectivity index (χ1v) is 6.59. The molecule has 0 aliphatic carbocycles. The number of halogens is 1. The molecule has 1 aromatic carbocycles. The summed E-state index contributed by atoms with van der Waals surface area (Å²) in [5.41, 5.74) is 3.10. The van der Waals surface area contributed by atoms with Crippen LogP contribution in [0.25, 0.3) is 0 Å². The number of amides is 1. The highest BCUT2D eigenvalue weighted by atomic mass is 35.5. The summed E-state index contributed by atoms with van der Waals surface area (Å²) in [5.74, 6) is -0.132. The Hall–Kier alpha value is -1.59. The van der Waals surface area contributed by atoms with Crippen LogP contribution in [0.2, 0.25) is 5.02 Å². The second-order valence-corrected chi connectivity index (χ2v) is 4.97. The van der Waals surface area contributed by atoms with Gasteiger partial charge >= 0.3 is 0 Å². The van der Waals surface area contributed by atoms with Crippen molar-refractivity contribution in [3.8, 4) is 0 Å². The lowest BCUT2D eigenvalue weighted by Crippen LogP contribution is -2.17. The summed E-state index contributed by atoms with van der Waals surface area (Å²) >= 11 is 7.64. The molecule has 4 nitrogen and oxygen atoms in total. The van der Waals surface area contributed by atoms with E-state index in [1.54, 1.807) is 48.3 Å². The van der Waals surface area contributed by atoms with Crippen LogP contribution < -0.4 is 10.6 Å². The predicted molar refractivity (Wildman–Crippen MR) is 74.3 cm³/mol. The lowest BCUT2D eigenvalue weighted by atomic mass is 10.2. The van der Waals surface area contributed by atoms with Gasteiger partial charge in [-0.1, -0.05) is 11.6 Å². The Balaban J connectivity index is 2.13. The van der Waals surface area contributed by atoms with Crippen LogP contribution in [-0.4, -0.2) is 17.9 Å². The SMILES string of the molecule is CNC(=O)c1ccc(Cl)c(NCc2cncs2)c1. The first kappa shape index (κ1) is 12.9. The number of nitrogens with one attached hydrogen (secondary N) is 2. The third-order valence-electron chi connectivity index (χ3n) is 2.39. The van der Waals surface area contributed by atoms with Gasteiger partial charge in [0.25, 0.3) is 5.91 Å². The molecule has 0 radical (unpaired) electrons. The average molecular weight is 282 g/mol. The van der Waals surface area contributed by atoms with Crippen molar-refractivity contribution >= 4 is 34.5 Å². The second kappa shape index (κ2) is 5.84. The molecule has 2 N–H and O–H groups in total. The Morgan fingerprint density at radius 3 is 3.00 bits per heavy atom. The highest BCUT2D eigenvalue weighted by Crippen LogP contribution is 2.24. The fourth-order valence-corrected chi connectivity index (χ4v) is 2.18. The molecular weight excluding hydrogens is 270 g/mol. The van der Waals surface area contributed by atoms with Crippen LogP contribution in [0.1, 0.15) is 15.2 Å². The van der Waals surface area contributed by atoms with E-state index in [1.807, 2.05) is 0 Å². The monoisotopic (exact) mass is 281 g/mol. The van der Waals surface area contributed by atoms with Crippen molar-refractivity contribution in [2.24, 2.45) is 0 Å². The van der Waals surface area contributed by atoms with Crippen molar-refractivity contribution in [3.05, 3.63) is 45.4 Å². The molecule has 6 heteroatoms. The third-order valence-corrected chi connectivity index (χ3v) is 3.50. The standard InChI is InChI=1S/C12H12ClN3OS/c1-14-12(17)8-2-3-10(13)11(4-8)16-6-9-5-15-7-18-9/h2-5,7,16H,6H2,1H3,(H,14,17). The molecule has 2 aromatic rings. The van der Waals surface area contributed by atoms with E-state index in [4.69, 9.17) is 11.6 Å². The van der Waals surface area contributed by atoms with Gasteiger partial charge in [-0.15, -0.1) is 11.3 Å². The van der Waals surface area contributed by atoms with Crippen molar-refractivity contribution < 1.29 is 4.79 Å². The molecule has 0 fully saturated rings. The zero-order valence-electron chi connectivity index (χ0n) is 9.74. The van der Waals surface area contributed by atoms with E-state index in [0.717, 1.165) is 10.6 Å². The maximum atomic E-state index is 11.5. The molecule has 18 heavy (non-hydrogen) atoms. The summed E-state index contributed by atoms with van der Waals surface area (Å²) < 4.78 is 0. The molecule has 0 unspecified atom stereocenters. The zero-order chi connectivity index (χ0) is 13.0. The number of hydrogen-bond acceptors (Lipinski definition) is 4. The van der Waals surface area contributed by atoms with Crippen molar-refractivity contribution in [1.82, 2.24) is 10.3 Å². The van der Waals surface area contributed by atoms with E-state index >= 15 is 0 Å². The van der Waals surface area contributed by atoms with Gasteiger partial charge in [-0.05, 0) is 18.2 Å². The lowest BCUT2D eigenvalue weighted by molar-refractivity contribution is 0.0963. The molecule has 0 aliphatic rings. The maximum absolute atomic E-state index is 11.5. The third kappa shape index (κ3) is 3.00. The minimum Gasteiger partial charge on any atom is -0.379 e. The normalized spacial score (nSPS) is 10.1. The highest BCUT2D eigenvalue weighted by molar-refractivity contribution is 7.09. The quantitative estimate of drug-likeness (QED) is 0.906. The summed E-state index contributed by atoms with van der Waals surface area (Å²) in [6, 6.07) is 5.14. The van der Waals surface area contributed by atoms with Gasteiger partial charge in [-0.2, -0.15) is 0 Å². The van der Waals surface area contributed by atoms with Gasteiger partial charge in [0.2, 0.25) is 0 Å². The fraction of sp³-hybridized carbons (Fsp3) is 0.167. The molecular formula is C12H12ClN3OS. The van der Waals surface area contributed by atoms with E-state index in [1.165, 1.54) is 0 Å². The van der Waals surface area contributed by atoms with Crippen molar-refractivity contribution in [2.75, 3.05) is 12.4 Å².